The summed E-state index contributed by atoms with van der Waals surface area (Å²) in [6.45, 7) is 1.83. The van der Waals surface area contributed by atoms with Crippen LogP contribution in [-0.4, -0.2) is 15.8 Å². The molecule has 0 spiro atoms. The van der Waals surface area contributed by atoms with E-state index in [9.17, 15) is 9.36 Å². The van der Waals surface area contributed by atoms with Gasteiger partial charge in [0.1, 0.15) is 0 Å². The zero-order valence-corrected chi connectivity index (χ0v) is 8.27. The molecule has 0 unspecified atom stereocenters. The topological polar surface area (TPSA) is 83.8 Å². The first-order valence-electron chi connectivity index (χ1n) is 3.74. The highest BCUT2D eigenvalue weighted by Gasteiger charge is 2.21. The molecule has 14 heavy (non-hydrogen) atoms. The van der Waals surface area contributed by atoms with E-state index in [-0.39, 0.29) is 5.56 Å². The van der Waals surface area contributed by atoms with Crippen LogP contribution in [0.2, 0.25) is 0 Å². The van der Waals surface area contributed by atoms with E-state index in [0.717, 1.165) is 5.56 Å². The number of carbonyl (C=O) groups excluding carboxylic acids is 1. The van der Waals surface area contributed by atoms with Crippen LogP contribution in [-0.2, 0) is 9.09 Å². The molecule has 0 aliphatic carbocycles. The molecule has 2 N–H and O–H groups in total. The van der Waals surface area contributed by atoms with Crippen molar-refractivity contribution in [2.24, 2.45) is 0 Å². The van der Waals surface area contributed by atoms with Gasteiger partial charge in [0.25, 0.3) is 0 Å². The van der Waals surface area contributed by atoms with Gasteiger partial charge in [-0.3, -0.25) is 9.79 Å². The van der Waals surface area contributed by atoms with Crippen LogP contribution >= 0.6 is 7.82 Å². The van der Waals surface area contributed by atoms with E-state index in [1.54, 1.807) is 12.1 Å². The summed E-state index contributed by atoms with van der Waals surface area (Å²) in [5, 5.41) is 0. The summed E-state index contributed by atoms with van der Waals surface area (Å²) in [5.74, 6) is -1.03. The Kier molecular flexibility index (Phi) is 3.06. The number of carbonyl (C=O) groups is 1. The Hall–Kier alpha value is -1.16. The number of aryl methyl sites for hydroxylation is 1. The third kappa shape index (κ3) is 3.30. The summed E-state index contributed by atoms with van der Waals surface area (Å²) in [6, 6.07) is 6.17. The van der Waals surface area contributed by atoms with Crippen LogP contribution in [0.1, 0.15) is 15.9 Å². The van der Waals surface area contributed by atoms with Crippen LogP contribution in [0.3, 0.4) is 0 Å². The number of benzene rings is 1. The highest BCUT2D eigenvalue weighted by molar-refractivity contribution is 7.46. The van der Waals surface area contributed by atoms with Crippen molar-refractivity contribution >= 4 is 13.8 Å². The third-order valence-corrected chi connectivity index (χ3v) is 1.89. The van der Waals surface area contributed by atoms with Gasteiger partial charge in [-0.25, -0.2) is 9.36 Å². The SMILES string of the molecule is Cc1ccc(C(=O)OP(=O)(O)O)cc1. The quantitative estimate of drug-likeness (QED) is 0.726. The zero-order chi connectivity index (χ0) is 10.8. The maximum absolute atomic E-state index is 11.1. The first-order chi connectivity index (χ1) is 6.38. The van der Waals surface area contributed by atoms with E-state index in [1.165, 1.54) is 12.1 Å². The predicted molar refractivity (Wildman–Crippen MR) is 48.6 cm³/mol. The predicted octanol–water partition coefficient (Wildman–Crippen LogP) is 1.24. The molecule has 0 heterocycles. The minimum Gasteiger partial charge on any atom is -0.367 e. The summed E-state index contributed by atoms with van der Waals surface area (Å²) in [6.07, 6.45) is 0. The molecular formula is C8H9O5P. The van der Waals surface area contributed by atoms with Gasteiger partial charge in [0.15, 0.2) is 0 Å². The Balaban J connectivity index is 2.81. The van der Waals surface area contributed by atoms with E-state index < -0.39 is 13.8 Å². The van der Waals surface area contributed by atoms with Gasteiger partial charge in [0.05, 0.1) is 5.56 Å². The molecule has 0 radical (unpaired) electrons. The van der Waals surface area contributed by atoms with Gasteiger partial charge in [0, 0.05) is 0 Å². The smallest absolute Gasteiger partial charge is 0.367 e. The van der Waals surface area contributed by atoms with Crippen LogP contribution in [0, 0.1) is 6.92 Å². The molecule has 0 fully saturated rings. The molecular weight excluding hydrogens is 207 g/mol. The van der Waals surface area contributed by atoms with Gasteiger partial charge >= 0.3 is 13.8 Å². The summed E-state index contributed by atoms with van der Waals surface area (Å²) >= 11 is 0. The standard InChI is InChI=1S/C8H9O5P/c1-6-2-4-7(5-3-6)8(9)13-14(10,11)12/h2-5H,1H3,(H2,10,11,12). The van der Waals surface area contributed by atoms with Crippen LogP contribution in [0.15, 0.2) is 24.3 Å². The molecule has 0 saturated carbocycles. The van der Waals surface area contributed by atoms with Crippen molar-refractivity contribution < 1.29 is 23.7 Å². The van der Waals surface area contributed by atoms with E-state index in [1.807, 2.05) is 6.92 Å². The molecule has 1 aromatic carbocycles. The molecule has 0 saturated heterocycles. The van der Waals surface area contributed by atoms with E-state index in [0.29, 0.717) is 0 Å². The Bertz CT molecular complexity index is 377. The maximum atomic E-state index is 11.1. The summed E-state index contributed by atoms with van der Waals surface area (Å²) in [5.41, 5.74) is 1.05. The Morgan fingerprint density at radius 3 is 2.21 bits per heavy atom. The zero-order valence-electron chi connectivity index (χ0n) is 7.38. The number of rotatable bonds is 2. The lowest BCUT2D eigenvalue weighted by molar-refractivity contribution is 0.0678. The van der Waals surface area contributed by atoms with Gasteiger partial charge in [-0.1, -0.05) is 17.7 Å². The molecule has 0 bridgehead atoms. The van der Waals surface area contributed by atoms with Gasteiger partial charge in [-0.05, 0) is 19.1 Å². The fourth-order valence-corrected chi connectivity index (χ4v) is 1.17. The average molecular weight is 216 g/mol. The monoisotopic (exact) mass is 216 g/mol. The van der Waals surface area contributed by atoms with Crippen molar-refractivity contribution in [2.45, 2.75) is 6.92 Å². The largest absolute Gasteiger partial charge is 0.527 e. The molecule has 0 aliphatic heterocycles. The number of phosphoric acid groups is 1. The lowest BCUT2D eigenvalue weighted by Gasteiger charge is -2.04. The minimum absolute atomic E-state index is 0.110. The van der Waals surface area contributed by atoms with Gasteiger partial charge in [0.2, 0.25) is 0 Å². The molecule has 0 aliphatic rings. The van der Waals surface area contributed by atoms with Crippen LogP contribution in [0.4, 0.5) is 0 Å². The molecule has 5 nitrogen and oxygen atoms in total. The molecule has 6 heteroatoms. The second kappa shape index (κ2) is 3.92. The third-order valence-electron chi connectivity index (χ3n) is 1.49. The van der Waals surface area contributed by atoms with Crippen molar-refractivity contribution in [1.29, 1.82) is 0 Å². The van der Waals surface area contributed by atoms with E-state index >= 15 is 0 Å². The lowest BCUT2D eigenvalue weighted by Crippen LogP contribution is -2.02. The van der Waals surface area contributed by atoms with Crippen molar-refractivity contribution in [3.63, 3.8) is 0 Å². The molecule has 0 amide bonds. The highest BCUT2D eigenvalue weighted by atomic mass is 31.2. The Morgan fingerprint density at radius 2 is 1.79 bits per heavy atom. The molecule has 76 valence electrons. The second-order valence-electron chi connectivity index (χ2n) is 2.74. The van der Waals surface area contributed by atoms with Crippen molar-refractivity contribution in [2.75, 3.05) is 0 Å². The first kappa shape index (κ1) is 10.9. The van der Waals surface area contributed by atoms with E-state index in [4.69, 9.17) is 9.79 Å². The van der Waals surface area contributed by atoms with Crippen molar-refractivity contribution in [3.05, 3.63) is 35.4 Å². The van der Waals surface area contributed by atoms with Crippen molar-refractivity contribution in [1.82, 2.24) is 0 Å². The molecule has 1 aromatic rings. The van der Waals surface area contributed by atoms with Gasteiger partial charge in [-0.15, -0.1) is 0 Å². The summed E-state index contributed by atoms with van der Waals surface area (Å²) in [7, 11) is -4.75. The number of hydrogen-bond donors (Lipinski definition) is 2. The van der Waals surface area contributed by atoms with Gasteiger partial charge in [-0.2, -0.15) is 0 Å². The average Bonchev–Trinajstić information content (AvgIpc) is 2.02. The highest BCUT2D eigenvalue weighted by Crippen LogP contribution is 2.36. The van der Waals surface area contributed by atoms with Crippen LogP contribution < -0.4 is 0 Å². The molecule has 0 aromatic heterocycles. The van der Waals surface area contributed by atoms with Crippen molar-refractivity contribution in [3.8, 4) is 0 Å². The minimum atomic E-state index is -4.75. The molecule has 0 atom stereocenters. The first-order valence-corrected chi connectivity index (χ1v) is 5.28. The number of hydrogen-bond acceptors (Lipinski definition) is 3. The lowest BCUT2D eigenvalue weighted by atomic mass is 10.2. The number of phosphoric ester groups is 1. The summed E-state index contributed by atoms with van der Waals surface area (Å²) < 4.78 is 14.2. The Labute approximate surface area is 80.6 Å². The van der Waals surface area contributed by atoms with Gasteiger partial charge < -0.3 is 4.52 Å². The summed E-state index contributed by atoms with van der Waals surface area (Å²) in [4.78, 5) is 27.8. The fraction of sp³-hybridized carbons (Fsp3) is 0.125. The second-order valence-corrected chi connectivity index (χ2v) is 3.90. The van der Waals surface area contributed by atoms with E-state index in [2.05, 4.69) is 4.52 Å². The normalized spacial score (nSPS) is 11.1. The van der Waals surface area contributed by atoms with Crippen LogP contribution in [0.25, 0.3) is 0 Å². The fourth-order valence-electron chi connectivity index (χ4n) is 0.850. The van der Waals surface area contributed by atoms with Crippen LogP contribution in [0.5, 0.6) is 0 Å². The molecule has 1 rings (SSSR count). The Morgan fingerprint density at radius 1 is 1.29 bits per heavy atom. The maximum Gasteiger partial charge on any atom is 0.527 e.